The second-order valence-electron chi connectivity index (χ2n) is 8.36. The summed E-state index contributed by atoms with van der Waals surface area (Å²) in [5, 5.41) is 0. The number of aromatic nitrogens is 2. The van der Waals surface area contributed by atoms with Crippen molar-refractivity contribution in [1.29, 1.82) is 0 Å². The highest BCUT2D eigenvalue weighted by Gasteiger charge is 2.33. The Labute approximate surface area is 207 Å². The van der Waals surface area contributed by atoms with Gasteiger partial charge in [-0.3, -0.25) is 18.9 Å². The molecule has 0 aliphatic carbocycles. The fourth-order valence-corrected chi connectivity index (χ4v) is 5.59. The maximum atomic E-state index is 13.7. The van der Waals surface area contributed by atoms with Crippen LogP contribution in [0.4, 0.5) is 5.82 Å². The van der Waals surface area contributed by atoms with Gasteiger partial charge in [0, 0.05) is 26.4 Å². The predicted octanol–water partition coefficient (Wildman–Crippen LogP) is 3.41. The number of carbonyl (C=O) groups is 1. The summed E-state index contributed by atoms with van der Waals surface area (Å²) in [5.74, 6) is 0.376. The minimum atomic E-state index is -0.212. The van der Waals surface area contributed by atoms with Crippen molar-refractivity contribution in [2.24, 2.45) is 0 Å². The number of hydrogen-bond acceptors (Lipinski definition) is 7. The topological polar surface area (TPSA) is 67.2 Å². The van der Waals surface area contributed by atoms with Crippen LogP contribution >= 0.6 is 24.0 Å². The van der Waals surface area contributed by atoms with E-state index >= 15 is 0 Å². The van der Waals surface area contributed by atoms with Gasteiger partial charge < -0.3 is 9.64 Å². The zero-order chi connectivity index (χ0) is 23.8. The number of carbonyl (C=O) groups excluding carboxylic acids is 1. The minimum Gasteiger partial charge on any atom is -0.383 e. The summed E-state index contributed by atoms with van der Waals surface area (Å²) in [4.78, 5) is 35.7. The molecule has 1 saturated heterocycles. The van der Waals surface area contributed by atoms with Gasteiger partial charge in [0.15, 0.2) is 0 Å². The third kappa shape index (κ3) is 4.15. The van der Waals surface area contributed by atoms with Gasteiger partial charge in [0.2, 0.25) is 0 Å². The molecule has 174 valence electrons. The highest BCUT2D eigenvalue weighted by atomic mass is 32.2. The normalized spacial score (nSPS) is 17.2. The standard InChI is InChI=1S/C25H24N4O3S2/c1-16-7-8-21-26-22(27-10-9-17-5-3-4-6-18(17)15-27)19(23(30)29(21)14-16)13-20-24(31)28(11-12-32-2)25(33)34-20/h3-8,13-14H,9-12,15H2,1-2H3/b20-13-. The smallest absolute Gasteiger partial charge is 0.267 e. The largest absolute Gasteiger partial charge is 0.383 e. The van der Waals surface area contributed by atoms with Crippen LogP contribution in [0.3, 0.4) is 0 Å². The first-order valence-corrected chi connectivity index (χ1v) is 12.3. The highest BCUT2D eigenvalue weighted by molar-refractivity contribution is 8.26. The van der Waals surface area contributed by atoms with Crippen LogP contribution in [0.1, 0.15) is 22.3 Å². The molecule has 1 fully saturated rings. The van der Waals surface area contributed by atoms with Crippen molar-refractivity contribution in [1.82, 2.24) is 14.3 Å². The van der Waals surface area contributed by atoms with Crippen molar-refractivity contribution >= 4 is 51.7 Å². The SMILES string of the molecule is COCCN1C(=O)/C(=C/c2c(N3CCc4ccccc4C3)nc3ccc(C)cn3c2=O)SC1=S. The fourth-order valence-electron chi connectivity index (χ4n) is 4.30. The van der Waals surface area contributed by atoms with E-state index in [9.17, 15) is 9.59 Å². The quantitative estimate of drug-likeness (QED) is 0.399. The van der Waals surface area contributed by atoms with Crippen LogP contribution in [0.25, 0.3) is 11.7 Å². The summed E-state index contributed by atoms with van der Waals surface area (Å²) < 4.78 is 7.12. The molecule has 1 aromatic carbocycles. The van der Waals surface area contributed by atoms with Gasteiger partial charge in [-0.2, -0.15) is 0 Å². The van der Waals surface area contributed by atoms with Crippen molar-refractivity contribution in [3.63, 3.8) is 0 Å². The van der Waals surface area contributed by atoms with Crippen LogP contribution in [-0.2, 0) is 22.5 Å². The Morgan fingerprint density at radius 1 is 1.18 bits per heavy atom. The fraction of sp³-hybridized carbons (Fsp3) is 0.280. The summed E-state index contributed by atoms with van der Waals surface area (Å²) >= 11 is 6.62. The molecule has 34 heavy (non-hydrogen) atoms. The molecule has 5 rings (SSSR count). The van der Waals surface area contributed by atoms with Crippen LogP contribution in [0.5, 0.6) is 0 Å². The van der Waals surface area contributed by atoms with Gasteiger partial charge >= 0.3 is 0 Å². The van der Waals surface area contributed by atoms with Crippen molar-refractivity contribution in [2.45, 2.75) is 19.9 Å². The zero-order valence-corrected chi connectivity index (χ0v) is 20.6. The highest BCUT2D eigenvalue weighted by Crippen LogP contribution is 2.34. The number of benzene rings is 1. The lowest BCUT2D eigenvalue weighted by molar-refractivity contribution is -0.122. The first-order chi connectivity index (χ1) is 16.5. The van der Waals surface area contributed by atoms with E-state index in [-0.39, 0.29) is 11.5 Å². The van der Waals surface area contributed by atoms with Crippen molar-refractivity contribution in [2.75, 3.05) is 31.7 Å². The molecule has 0 atom stereocenters. The molecule has 3 aromatic rings. The lowest BCUT2D eigenvalue weighted by Crippen LogP contribution is -2.34. The number of anilines is 1. The monoisotopic (exact) mass is 492 g/mol. The summed E-state index contributed by atoms with van der Waals surface area (Å²) in [6, 6.07) is 12.1. The third-order valence-electron chi connectivity index (χ3n) is 6.08. The molecule has 0 radical (unpaired) electrons. The van der Waals surface area contributed by atoms with E-state index in [1.54, 1.807) is 23.8 Å². The molecule has 9 heteroatoms. The molecule has 0 unspecified atom stereocenters. The molecule has 0 spiro atoms. The number of methoxy groups -OCH3 is 1. The number of thiocarbonyl (C=S) groups is 1. The van der Waals surface area contributed by atoms with Gasteiger partial charge in [0.05, 0.1) is 23.6 Å². The van der Waals surface area contributed by atoms with E-state index in [0.717, 1.165) is 18.5 Å². The Hall–Kier alpha value is -3.01. The molecular weight excluding hydrogens is 468 g/mol. The van der Waals surface area contributed by atoms with Crippen LogP contribution in [0.2, 0.25) is 0 Å². The number of thioether (sulfide) groups is 1. The van der Waals surface area contributed by atoms with E-state index in [2.05, 4.69) is 23.1 Å². The van der Waals surface area contributed by atoms with Crippen LogP contribution in [0.15, 0.2) is 52.3 Å². The van der Waals surface area contributed by atoms with E-state index in [0.29, 0.717) is 46.0 Å². The third-order valence-corrected chi connectivity index (χ3v) is 7.46. The Kier molecular flexibility index (Phi) is 6.24. The Bertz CT molecular complexity index is 1400. The summed E-state index contributed by atoms with van der Waals surface area (Å²) in [5.41, 5.74) is 4.26. The Balaban J connectivity index is 1.63. The second-order valence-corrected chi connectivity index (χ2v) is 10.0. The Morgan fingerprint density at radius 3 is 2.76 bits per heavy atom. The number of fused-ring (bicyclic) bond motifs is 2. The molecule has 7 nitrogen and oxygen atoms in total. The number of aryl methyl sites for hydroxylation is 1. The van der Waals surface area contributed by atoms with Gasteiger partial charge in [-0.05, 0) is 42.2 Å². The summed E-state index contributed by atoms with van der Waals surface area (Å²) in [6.07, 6.45) is 4.30. The van der Waals surface area contributed by atoms with Crippen LogP contribution < -0.4 is 10.5 Å². The van der Waals surface area contributed by atoms with Gasteiger partial charge in [-0.15, -0.1) is 0 Å². The number of rotatable bonds is 5. The number of pyridine rings is 1. The second kappa shape index (κ2) is 9.32. The van der Waals surface area contributed by atoms with Crippen molar-refractivity contribution in [3.05, 3.63) is 80.1 Å². The number of nitrogens with zero attached hydrogens (tertiary/aromatic N) is 4. The van der Waals surface area contributed by atoms with Crippen molar-refractivity contribution in [3.8, 4) is 0 Å². The van der Waals surface area contributed by atoms with E-state index in [1.807, 2.05) is 25.1 Å². The van der Waals surface area contributed by atoms with Gasteiger partial charge in [0.1, 0.15) is 15.8 Å². The Morgan fingerprint density at radius 2 is 1.97 bits per heavy atom. The molecule has 1 amide bonds. The summed E-state index contributed by atoms with van der Waals surface area (Å²) in [6.45, 7) is 4.09. The summed E-state index contributed by atoms with van der Waals surface area (Å²) in [7, 11) is 1.58. The van der Waals surface area contributed by atoms with Gasteiger partial charge in [-0.1, -0.05) is 54.3 Å². The van der Waals surface area contributed by atoms with Gasteiger partial charge in [-0.25, -0.2) is 4.98 Å². The molecule has 0 N–H and O–H groups in total. The molecule has 0 bridgehead atoms. The van der Waals surface area contributed by atoms with E-state index < -0.39 is 0 Å². The lowest BCUT2D eigenvalue weighted by Gasteiger charge is -2.30. The van der Waals surface area contributed by atoms with E-state index in [4.69, 9.17) is 21.9 Å². The average Bonchev–Trinajstić information content (AvgIpc) is 3.11. The minimum absolute atomic E-state index is 0.204. The lowest BCUT2D eigenvalue weighted by atomic mass is 9.99. The molecule has 2 aliphatic rings. The molecule has 4 heterocycles. The predicted molar refractivity (Wildman–Crippen MR) is 139 cm³/mol. The number of ether oxygens (including phenoxy) is 1. The number of hydrogen-bond donors (Lipinski definition) is 0. The maximum Gasteiger partial charge on any atom is 0.267 e. The molecule has 2 aliphatic heterocycles. The molecule has 0 saturated carbocycles. The first-order valence-electron chi connectivity index (χ1n) is 11.1. The van der Waals surface area contributed by atoms with Crippen LogP contribution in [-0.4, -0.2) is 51.3 Å². The van der Waals surface area contributed by atoms with Crippen LogP contribution in [0, 0.1) is 6.92 Å². The zero-order valence-electron chi connectivity index (χ0n) is 19.0. The molecule has 2 aromatic heterocycles. The van der Waals surface area contributed by atoms with Crippen molar-refractivity contribution < 1.29 is 9.53 Å². The number of amides is 1. The first kappa shape index (κ1) is 22.8. The molecular formula is C25H24N4O3S2. The average molecular weight is 493 g/mol. The van der Waals surface area contributed by atoms with Gasteiger partial charge in [0.25, 0.3) is 11.5 Å². The maximum absolute atomic E-state index is 13.7. The van der Waals surface area contributed by atoms with E-state index in [1.165, 1.54) is 27.8 Å².